The minimum absolute atomic E-state index is 0.190. The lowest BCUT2D eigenvalue weighted by Crippen LogP contribution is -2.18. The Kier molecular flexibility index (Phi) is 6.96. The lowest BCUT2D eigenvalue weighted by Gasteiger charge is -2.12. The van der Waals surface area contributed by atoms with Crippen molar-refractivity contribution in [3.63, 3.8) is 0 Å². The molecule has 1 aliphatic rings. The third-order valence-corrected chi connectivity index (χ3v) is 7.62. The molecule has 0 radical (unpaired) electrons. The summed E-state index contributed by atoms with van der Waals surface area (Å²) in [6.45, 7) is 1.83. The molecule has 3 aromatic carbocycles. The van der Waals surface area contributed by atoms with E-state index in [2.05, 4.69) is 10.6 Å². The van der Waals surface area contributed by atoms with E-state index in [0.717, 1.165) is 5.56 Å². The van der Waals surface area contributed by atoms with Crippen LogP contribution in [-0.2, 0) is 4.79 Å². The number of halogens is 5. The third-order valence-electron chi connectivity index (χ3n) is 5.62. The minimum atomic E-state index is -1.31. The van der Waals surface area contributed by atoms with Gasteiger partial charge in [-0.3, -0.25) is 9.59 Å². The van der Waals surface area contributed by atoms with E-state index in [1.807, 2.05) is 6.92 Å². The fraction of sp³-hybridized carbons (Fsp3) is 0.167. The first-order chi connectivity index (χ1) is 16.0. The number of hydrogen-bond acceptors (Lipinski definition) is 3. The summed E-state index contributed by atoms with van der Waals surface area (Å²) >= 11 is 31.2. The summed E-state index contributed by atoms with van der Waals surface area (Å²) in [5, 5.41) is 6.54. The molecule has 1 fully saturated rings. The summed E-state index contributed by atoms with van der Waals surface area (Å²) in [4.78, 5) is 25.8. The van der Waals surface area contributed by atoms with Gasteiger partial charge in [-0.05, 0) is 66.6 Å². The lowest BCUT2D eigenvalue weighted by molar-refractivity contribution is -0.117. The molecule has 2 unspecified atom stereocenters. The first kappa shape index (κ1) is 25.0. The van der Waals surface area contributed by atoms with Crippen molar-refractivity contribution in [1.29, 1.82) is 0 Å². The van der Waals surface area contributed by atoms with Gasteiger partial charge in [-0.15, -0.1) is 23.2 Å². The summed E-state index contributed by atoms with van der Waals surface area (Å²) in [7, 11) is 0. The highest BCUT2D eigenvalue weighted by Gasteiger charge is 2.67. The molecule has 0 aliphatic heterocycles. The van der Waals surface area contributed by atoms with Crippen molar-refractivity contribution in [2.75, 3.05) is 16.4 Å². The fourth-order valence-corrected chi connectivity index (χ4v) is 5.13. The molecule has 2 atom stereocenters. The highest BCUT2D eigenvalue weighted by atomic mass is 35.5. The average molecular weight is 558 g/mol. The predicted octanol–water partition coefficient (Wildman–Crippen LogP) is 7.32. The van der Waals surface area contributed by atoms with Gasteiger partial charge in [0.15, 0.2) is 0 Å². The Morgan fingerprint density at radius 1 is 0.882 bits per heavy atom. The van der Waals surface area contributed by atoms with Crippen LogP contribution in [0.1, 0.15) is 27.4 Å². The number of nitrogens with two attached hydrogens (primary N) is 1. The second-order valence-corrected chi connectivity index (χ2v) is 10.7. The lowest BCUT2D eigenvalue weighted by atomic mass is 10.1. The molecule has 0 spiro atoms. The normalized spacial score (nSPS) is 18.3. The monoisotopic (exact) mass is 555 g/mol. The van der Waals surface area contributed by atoms with E-state index >= 15 is 0 Å². The Balaban J connectivity index is 1.51. The van der Waals surface area contributed by atoms with E-state index in [9.17, 15) is 9.59 Å². The number of nitrogens with one attached hydrogen (secondary N) is 2. The molecule has 4 N–H and O–H groups in total. The van der Waals surface area contributed by atoms with Crippen molar-refractivity contribution in [1.82, 2.24) is 0 Å². The minimum Gasteiger partial charge on any atom is -0.399 e. The van der Waals surface area contributed by atoms with Crippen LogP contribution in [-0.4, -0.2) is 16.1 Å². The van der Waals surface area contributed by atoms with Gasteiger partial charge in [0.2, 0.25) is 5.91 Å². The standard InChI is InChI=1S/C24H18Cl5N3O2/c1-11-8-13(30)3-7-19(11)32-22(33)15-10-14(4-6-16(15)25)31-23(34)21-20(24(21,28)29)12-2-5-17(26)18(27)9-12/h2-10,20-21H,30H2,1H3,(H,31,34)(H,32,33). The summed E-state index contributed by atoms with van der Waals surface area (Å²) in [6, 6.07) is 14.8. The molecule has 10 heteroatoms. The highest BCUT2D eigenvalue weighted by Crippen LogP contribution is 2.65. The van der Waals surface area contributed by atoms with Gasteiger partial charge in [0.05, 0.1) is 26.5 Å². The SMILES string of the molecule is Cc1cc(N)ccc1NC(=O)c1cc(NC(=O)C2C(c3ccc(Cl)c(Cl)c3)C2(Cl)Cl)ccc1Cl. The number of alkyl halides is 2. The van der Waals surface area contributed by atoms with Crippen molar-refractivity contribution in [3.8, 4) is 0 Å². The number of carbonyl (C=O) groups excluding carboxylic acids is 2. The zero-order valence-corrected chi connectivity index (χ0v) is 21.4. The van der Waals surface area contributed by atoms with Crippen LogP contribution < -0.4 is 16.4 Å². The molecular formula is C24H18Cl5N3O2. The van der Waals surface area contributed by atoms with E-state index in [1.54, 1.807) is 42.5 Å². The number of aryl methyl sites for hydroxylation is 1. The molecule has 5 nitrogen and oxygen atoms in total. The summed E-state index contributed by atoms with van der Waals surface area (Å²) in [6.07, 6.45) is 0. The van der Waals surface area contributed by atoms with Gasteiger partial charge >= 0.3 is 0 Å². The predicted molar refractivity (Wildman–Crippen MR) is 141 cm³/mol. The van der Waals surface area contributed by atoms with E-state index in [0.29, 0.717) is 32.7 Å². The van der Waals surface area contributed by atoms with E-state index < -0.39 is 28.0 Å². The first-order valence-corrected chi connectivity index (χ1v) is 12.0. The first-order valence-electron chi connectivity index (χ1n) is 10.1. The number of nitrogen functional groups attached to an aromatic ring is 1. The molecule has 34 heavy (non-hydrogen) atoms. The van der Waals surface area contributed by atoms with Crippen LogP contribution in [0.3, 0.4) is 0 Å². The Labute approximate surface area is 221 Å². The molecule has 0 bridgehead atoms. The molecular weight excluding hydrogens is 540 g/mol. The summed E-state index contributed by atoms with van der Waals surface area (Å²) in [5.41, 5.74) is 9.02. The van der Waals surface area contributed by atoms with Crippen molar-refractivity contribution < 1.29 is 9.59 Å². The Morgan fingerprint density at radius 2 is 1.59 bits per heavy atom. The maximum atomic E-state index is 13.0. The molecule has 176 valence electrons. The Hall–Kier alpha value is -2.15. The average Bonchev–Trinajstić information content (AvgIpc) is 3.35. The number of carbonyl (C=O) groups is 2. The smallest absolute Gasteiger partial charge is 0.257 e. The zero-order valence-electron chi connectivity index (χ0n) is 17.6. The van der Waals surface area contributed by atoms with Crippen LogP contribution in [0.25, 0.3) is 0 Å². The van der Waals surface area contributed by atoms with Gasteiger partial charge < -0.3 is 16.4 Å². The molecule has 0 saturated heterocycles. The molecule has 0 heterocycles. The molecule has 2 amide bonds. The van der Waals surface area contributed by atoms with Gasteiger partial charge in [-0.1, -0.05) is 40.9 Å². The maximum Gasteiger partial charge on any atom is 0.257 e. The molecule has 1 saturated carbocycles. The van der Waals surface area contributed by atoms with Gasteiger partial charge in [-0.25, -0.2) is 0 Å². The van der Waals surface area contributed by atoms with Gasteiger partial charge in [0.25, 0.3) is 5.91 Å². The van der Waals surface area contributed by atoms with Crippen LogP contribution in [0.2, 0.25) is 15.1 Å². The summed E-state index contributed by atoms with van der Waals surface area (Å²) in [5.74, 6) is -2.02. The van der Waals surface area contributed by atoms with Crippen LogP contribution in [0.5, 0.6) is 0 Å². The van der Waals surface area contributed by atoms with E-state index in [4.69, 9.17) is 63.7 Å². The van der Waals surface area contributed by atoms with Crippen molar-refractivity contribution >= 4 is 86.9 Å². The number of rotatable bonds is 5. The second-order valence-electron chi connectivity index (χ2n) is 8.02. The summed E-state index contributed by atoms with van der Waals surface area (Å²) < 4.78 is -1.31. The van der Waals surface area contributed by atoms with Gasteiger partial charge in [0, 0.05) is 23.0 Å². The van der Waals surface area contributed by atoms with Crippen LogP contribution in [0.4, 0.5) is 17.1 Å². The van der Waals surface area contributed by atoms with E-state index in [-0.39, 0.29) is 10.6 Å². The number of hydrogen-bond donors (Lipinski definition) is 3. The van der Waals surface area contributed by atoms with Gasteiger partial charge in [0.1, 0.15) is 4.33 Å². The molecule has 4 rings (SSSR count). The largest absolute Gasteiger partial charge is 0.399 e. The quantitative estimate of drug-likeness (QED) is 0.227. The maximum absolute atomic E-state index is 13.0. The Bertz CT molecular complexity index is 1310. The topological polar surface area (TPSA) is 84.2 Å². The fourth-order valence-electron chi connectivity index (χ4n) is 3.79. The zero-order chi connectivity index (χ0) is 24.8. The number of amides is 2. The molecule has 3 aromatic rings. The van der Waals surface area contributed by atoms with Crippen molar-refractivity contribution in [3.05, 3.63) is 86.4 Å². The van der Waals surface area contributed by atoms with Crippen LogP contribution in [0, 0.1) is 12.8 Å². The van der Waals surface area contributed by atoms with Crippen molar-refractivity contribution in [2.45, 2.75) is 17.2 Å². The number of anilines is 3. The Morgan fingerprint density at radius 3 is 2.26 bits per heavy atom. The van der Waals surface area contributed by atoms with E-state index in [1.165, 1.54) is 12.1 Å². The second kappa shape index (κ2) is 9.48. The highest BCUT2D eigenvalue weighted by molar-refractivity contribution is 6.53. The molecule has 1 aliphatic carbocycles. The van der Waals surface area contributed by atoms with Crippen LogP contribution >= 0.6 is 58.0 Å². The van der Waals surface area contributed by atoms with Crippen LogP contribution in [0.15, 0.2) is 54.6 Å². The number of benzene rings is 3. The third kappa shape index (κ3) is 4.95. The van der Waals surface area contributed by atoms with Gasteiger partial charge in [-0.2, -0.15) is 0 Å². The van der Waals surface area contributed by atoms with Crippen molar-refractivity contribution in [2.24, 2.45) is 5.92 Å². The molecule has 0 aromatic heterocycles.